The van der Waals surface area contributed by atoms with Gasteiger partial charge in [-0.1, -0.05) is 11.6 Å². The minimum Gasteiger partial charge on any atom is -0.339 e. The predicted molar refractivity (Wildman–Crippen MR) is 85.8 cm³/mol. The van der Waals surface area contributed by atoms with Gasteiger partial charge in [0.2, 0.25) is 0 Å². The van der Waals surface area contributed by atoms with Crippen LogP contribution in [0.1, 0.15) is 42.5 Å². The summed E-state index contributed by atoms with van der Waals surface area (Å²) in [4.78, 5) is 16.9. The topological polar surface area (TPSA) is 23.6 Å². The quantitative estimate of drug-likeness (QED) is 0.788. The number of benzene rings is 1. The van der Waals surface area contributed by atoms with Crippen LogP contribution in [0.3, 0.4) is 0 Å². The zero-order valence-electron chi connectivity index (χ0n) is 12.9. The van der Waals surface area contributed by atoms with Gasteiger partial charge < -0.3 is 9.80 Å². The maximum absolute atomic E-state index is 13.6. The molecule has 0 bridgehead atoms. The number of likely N-dealkylation sites (tertiary alicyclic amines) is 2. The van der Waals surface area contributed by atoms with E-state index < -0.39 is 5.82 Å². The number of halogens is 2. The van der Waals surface area contributed by atoms with Crippen molar-refractivity contribution in [2.45, 2.75) is 37.6 Å². The Morgan fingerprint density at radius 3 is 2.55 bits per heavy atom. The maximum atomic E-state index is 13.6. The highest BCUT2D eigenvalue weighted by atomic mass is 35.5. The lowest BCUT2D eigenvalue weighted by Crippen LogP contribution is -2.42. The van der Waals surface area contributed by atoms with Gasteiger partial charge in [-0.2, -0.15) is 0 Å². The van der Waals surface area contributed by atoms with E-state index in [0.717, 1.165) is 38.9 Å². The first kappa shape index (κ1) is 15.8. The lowest BCUT2D eigenvalue weighted by Gasteiger charge is -2.35. The Labute approximate surface area is 136 Å². The van der Waals surface area contributed by atoms with Gasteiger partial charge in [0.25, 0.3) is 5.91 Å². The number of hydrogen-bond donors (Lipinski definition) is 0. The van der Waals surface area contributed by atoms with E-state index in [0.29, 0.717) is 5.56 Å². The van der Waals surface area contributed by atoms with Crippen molar-refractivity contribution in [2.75, 3.05) is 26.7 Å². The average Bonchev–Trinajstić information content (AvgIpc) is 2.73. The van der Waals surface area contributed by atoms with Crippen LogP contribution in [0.2, 0.25) is 5.02 Å². The zero-order chi connectivity index (χ0) is 15.7. The standard InChI is InChI=1S/C17H22ClFN2O/c1-20-9-2-6-17(20)7-3-10-21(11-8-17)16(22)13-4-5-14(18)15(19)12-13/h4-5,12H,2-3,6-11H2,1H3/t17-/m0/s1. The van der Waals surface area contributed by atoms with Crippen LogP contribution in [0.25, 0.3) is 0 Å². The van der Waals surface area contributed by atoms with Crippen molar-refractivity contribution in [2.24, 2.45) is 0 Å². The number of carbonyl (C=O) groups is 1. The molecule has 2 fully saturated rings. The second kappa shape index (κ2) is 6.17. The third-order valence-corrected chi connectivity index (χ3v) is 5.62. The molecule has 5 heteroatoms. The molecule has 0 aliphatic carbocycles. The number of nitrogens with zero attached hydrogens (tertiary/aromatic N) is 2. The highest BCUT2D eigenvalue weighted by Crippen LogP contribution is 2.37. The van der Waals surface area contributed by atoms with Crippen LogP contribution in [0.5, 0.6) is 0 Å². The summed E-state index contributed by atoms with van der Waals surface area (Å²) in [5, 5.41) is 0.0546. The van der Waals surface area contributed by atoms with Crippen LogP contribution >= 0.6 is 11.6 Å². The van der Waals surface area contributed by atoms with E-state index in [4.69, 9.17) is 11.6 Å². The van der Waals surface area contributed by atoms with E-state index in [1.807, 2.05) is 4.90 Å². The Morgan fingerprint density at radius 2 is 1.91 bits per heavy atom. The predicted octanol–water partition coefficient (Wildman–Crippen LogP) is 3.57. The molecule has 0 aromatic heterocycles. The van der Waals surface area contributed by atoms with Crippen LogP contribution in [-0.4, -0.2) is 47.9 Å². The van der Waals surface area contributed by atoms with Crippen LogP contribution < -0.4 is 0 Å². The van der Waals surface area contributed by atoms with Crippen molar-refractivity contribution in [1.82, 2.24) is 9.80 Å². The lowest BCUT2D eigenvalue weighted by molar-refractivity contribution is 0.0749. The highest BCUT2D eigenvalue weighted by Gasteiger charge is 2.40. The fraction of sp³-hybridized carbons (Fsp3) is 0.588. The van der Waals surface area contributed by atoms with Gasteiger partial charge in [0.1, 0.15) is 5.82 Å². The van der Waals surface area contributed by atoms with Crippen LogP contribution in [0.4, 0.5) is 4.39 Å². The van der Waals surface area contributed by atoms with Gasteiger partial charge in [-0.3, -0.25) is 4.79 Å². The highest BCUT2D eigenvalue weighted by molar-refractivity contribution is 6.30. The third kappa shape index (κ3) is 2.86. The van der Waals surface area contributed by atoms with Gasteiger partial charge in [0.15, 0.2) is 0 Å². The molecule has 22 heavy (non-hydrogen) atoms. The van der Waals surface area contributed by atoms with Gasteiger partial charge in [-0.25, -0.2) is 4.39 Å². The summed E-state index contributed by atoms with van der Waals surface area (Å²) >= 11 is 5.69. The first-order chi connectivity index (χ1) is 10.5. The Bertz CT molecular complexity index is 580. The van der Waals surface area contributed by atoms with E-state index in [1.165, 1.54) is 25.0 Å². The molecule has 0 N–H and O–H groups in total. The van der Waals surface area contributed by atoms with Crippen molar-refractivity contribution < 1.29 is 9.18 Å². The van der Waals surface area contributed by atoms with E-state index in [2.05, 4.69) is 11.9 Å². The first-order valence-electron chi connectivity index (χ1n) is 7.97. The van der Waals surface area contributed by atoms with Crippen LogP contribution in [-0.2, 0) is 0 Å². The van der Waals surface area contributed by atoms with Crippen molar-refractivity contribution in [1.29, 1.82) is 0 Å². The largest absolute Gasteiger partial charge is 0.339 e. The van der Waals surface area contributed by atoms with Gasteiger partial charge >= 0.3 is 0 Å². The van der Waals surface area contributed by atoms with Crippen LogP contribution in [0.15, 0.2) is 18.2 Å². The Kier molecular flexibility index (Phi) is 4.42. The smallest absolute Gasteiger partial charge is 0.253 e. The normalized spacial score (nSPS) is 26.4. The minimum atomic E-state index is -0.533. The Balaban J connectivity index is 1.73. The molecule has 0 unspecified atom stereocenters. The number of rotatable bonds is 1. The summed E-state index contributed by atoms with van der Waals surface area (Å²) in [5.41, 5.74) is 0.651. The van der Waals surface area contributed by atoms with Crippen molar-refractivity contribution in [3.8, 4) is 0 Å². The molecule has 1 aromatic rings. The molecular formula is C17H22ClFN2O. The molecule has 2 saturated heterocycles. The lowest BCUT2D eigenvalue weighted by atomic mass is 9.88. The van der Waals surface area contributed by atoms with E-state index in [9.17, 15) is 9.18 Å². The molecule has 3 rings (SSSR count). The minimum absolute atomic E-state index is 0.0546. The maximum Gasteiger partial charge on any atom is 0.253 e. The number of hydrogen-bond acceptors (Lipinski definition) is 2. The fourth-order valence-electron chi connectivity index (χ4n) is 3.90. The summed E-state index contributed by atoms with van der Waals surface area (Å²) in [5.74, 6) is -0.623. The third-order valence-electron chi connectivity index (χ3n) is 5.32. The average molecular weight is 325 g/mol. The second-order valence-corrected chi connectivity index (χ2v) is 6.93. The van der Waals surface area contributed by atoms with E-state index in [-0.39, 0.29) is 16.5 Å². The Hall–Kier alpha value is -1.13. The van der Waals surface area contributed by atoms with Crippen LogP contribution in [0, 0.1) is 5.82 Å². The first-order valence-corrected chi connectivity index (χ1v) is 8.35. The molecule has 1 amide bonds. The van der Waals surface area contributed by atoms with E-state index >= 15 is 0 Å². The molecule has 1 atom stereocenters. The SMILES string of the molecule is CN1CCC[C@@]12CCCN(C(=O)c1ccc(Cl)c(F)c1)CC2. The second-order valence-electron chi connectivity index (χ2n) is 6.52. The summed E-state index contributed by atoms with van der Waals surface area (Å²) in [6, 6.07) is 4.30. The molecule has 120 valence electrons. The molecular weight excluding hydrogens is 303 g/mol. The van der Waals surface area contributed by atoms with Crippen molar-refractivity contribution in [3.63, 3.8) is 0 Å². The molecule has 0 saturated carbocycles. The molecule has 1 spiro atoms. The molecule has 2 aliphatic heterocycles. The summed E-state index contributed by atoms with van der Waals surface area (Å²) in [6.07, 6.45) is 5.62. The van der Waals surface area contributed by atoms with Gasteiger partial charge in [-0.05, 0) is 63.9 Å². The molecule has 3 nitrogen and oxygen atoms in total. The molecule has 2 heterocycles. The van der Waals surface area contributed by atoms with Crippen molar-refractivity contribution in [3.05, 3.63) is 34.6 Å². The van der Waals surface area contributed by atoms with Gasteiger partial charge in [-0.15, -0.1) is 0 Å². The number of carbonyl (C=O) groups excluding carboxylic acids is 1. The summed E-state index contributed by atoms with van der Waals surface area (Å²) < 4.78 is 13.6. The number of amides is 1. The zero-order valence-corrected chi connectivity index (χ0v) is 13.7. The molecule has 0 radical (unpaired) electrons. The monoisotopic (exact) mass is 324 g/mol. The molecule has 1 aromatic carbocycles. The summed E-state index contributed by atoms with van der Waals surface area (Å²) in [7, 11) is 2.19. The van der Waals surface area contributed by atoms with Crippen molar-refractivity contribution >= 4 is 17.5 Å². The summed E-state index contributed by atoms with van der Waals surface area (Å²) in [6.45, 7) is 2.64. The molecule has 2 aliphatic rings. The Morgan fingerprint density at radius 1 is 1.18 bits per heavy atom. The van der Waals surface area contributed by atoms with Gasteiger partial charge in [0, 0.05) is 24.2 Å². The van der Waals surface area contributed by atoms with Gasteiger partial charge in [0.05, 0.1) is 5.02 Å². The fourth-order valence-corrected chi connectivity index (χ4v) is 4.02. The van der Waals surface area contributed by atoms with E-state index in [1.54, 1.807) is 6.07 Å².